The van der Waals surface area contributed by atoms with Crippen LogP contribution >= 0.6 is 15.9 Å². The maximum Gasteiger partial charge on any atom is 0.174 e. The van der Waals surface area contributed by atoms with Crippen LogP contribution in [-0.4, -0.2) is 15.0 Å². The number of halogens is 1. The van der Waals surface area contributed by atoms with Gasteiger partial charge in [0.2, 0.25) is 0 Å². The van der Waals surface area contributed by atoms with E-state index in [2.05, 4.69) is 26.2 Å². The fraction of sp³-hybridized carbons (Fsp3) is 0.273. The molecule has 0 spiro atoms. The van der Waals surface area contributed by atoms with Crippen molar-refractivity contribution < 1.29 is 0 Å². The molecule has 1 saturated carbocycles. The molecule has 0 aliphatic heterocycles. The third kappa shape index (κ3) is 1.61. The Morgan fingerprint density at radius 2 is 1.94 bits per heavy atom. The molecule has 1 heterocycles. The number of nitrogens with zero attached hydrogens (tertiary/aromatic N) is 3. The van der Waals surface area contributed by atoms with Crippen LogP contribution in [0.4, 0.5) is 5.82 Å². The Labute approximate surface area is 102 Å². The minimum atomic E-state index is 0.489. The zero-order valence-corrected chi connectivity index (χ0v) is 10.2. The number of anilines is 1. The fourth-order valence-electron chi connectivity index (χ4n) is 1.77. The summed E-state index contributed by atoms with van der Waals surface area (Å²) in [7, 11) is 0. The molecule has 1 aliphatic rings. The summed E-state index contributed by atoms with van der Waals surface area (Å²) in [4.78, 5) is 0. The van der Waals surface area contributed by atoms with Gasteiger partial charge < -0.3 is 5.73 Å². The smallest absolute Gasteiger partial charge is 0.174 e. The number of rotatable bonds is 2. The quantitative estimate of drug-likeness (QED) is 0.919. The average Bonchev–Trinajstić information content (AvgIpc) is 3.05. The van der Waals surface area contributed by atoms with Gasteiger partial charge in [-0.05, 0) is 25.0 Å². The molecule has 1 aliphatic carbocycles. The van der Waals surface area contributed by atoms with Gasteiger partial charge in [-0.1, -0.05) is 33.3 Å². The van der Waals surface area contributed by atoms with Crippen molar-refractivity contribution in [3.05, 3.63) is 28.7 Å². The third-order valence-corrected chi connectivity index (χ3v) is 3.26. The first kappa shape index (κ1) is 9.84. The van der Waals surface area contributed by atoms with Crippen LogP contribution < -0.4 is 5.73 Å². The Bertz CT molecular complexity index is 513. The van der Waals surface area contributed by atoms with E-state index in [4.69, 9.17) is 5.73 Å². The topological polar surface area (TPSA) is 56.7 Å². The summed E-state index contributed by atoms with van der Waals surface area (Å²) in [5.41, 5.74) is 7.88. The zero-order valence-electron chi connectivity index (χ0n) is 8.60. The lowest BCUT2D eigenvalue weighted by Gasteiger charge is -2.05. The molecule has 16 heavy (non-hydrogen) atoms. The molecule has 0 bridgehead atoms. The van der Waals surface area contributed by atoms with Gasteiger partial charge in [0.25, 0.3) is 0 Å². The largest absolute Gasteiger partial charge is 0.380 e. The van der Waals surface area contributed by atoms with Gasteiger partial charge >= 0.3 is 0 Å². The second-order valence-corrected chi connectivity index (χ2v) is 4.92. The Hall–Kier alpha value is -1.36. The normalized spacial score (nSPS) is 15.3. The Kier molecular flexibility index (Phi) is 2.21. The first-order valence-electron chi connectivity index (χ1n) is 5.22. The molecule has 0 saturated heterocycles. The monoisotopic (exact) mass is 278 g/mol. The van der Waals surface area contributed by atoms with Gasteiger partial charge in [0.05, 0.1) is 6.04 Å². The molecule has 4 nitrogen and oxygen atoms in total. The first-order valence-corrected chi connectivity index (χ1v) is 6.01. The maximum absolute atomic E-state index is 5.87. The SMILES string of the molecule is Nc1nnn(C2CC2)c1-c1ccc(Br)cc1. The van der Waals surface area contributed by atoms with Crippen LogP contribution in [0.25, 0.3) is 11.3 Å². The molecular weight excluding hydrogens is 268 g/mol. The number of nitrogen functional groups attached to an aromatic ring is 1. The molecule has 0 radical (unpaired) electrons. The van der Waals surface area contributed by atoms with Crippen LogP contribution in [-0.2, 0) is 0 Å². The summed E-state index contributed by atoms with van der Waals surface area (Å²) in [6, 6.07) is 8.54. The number of nitrogens with two attached hydrogens (primary N) is 1. The van der Waals surface area contributed by atoms with Gasteiger partial charge in [-0.15, -0.1) is 5.10 Å². The average molecular weight is 279 g/mol. The van der Waals surface area contributed by atoms with E-state index in [0.717, 1.165) is 15.7 Å². The van der Waals surface area contributed by atoms with Gasteiger partial charge in [0, 0.05) is 10.0 Å². The standard InChI is InChI=1S/C11H11BrN4/c12-8-3-1-7(2-4-8)10-11(13)14-15-16(10)9-5-6-9/h1-4,9H,5-6,13H2. The molecule has 1 aromatic carbocycles. The predicted octanol–water partition coefficient (Wildman–Crippen LogP) is 2.62. The third-order valence-electron chi connectivity index (χ3n) is 2.73. The molecule has 0 unspecified atom stereocenters. The summed E-state index contributed by atoms with van der Waals surface area (Å²) in [5, 5.41) is 8.06. The Balaban J connectivity index is 2.10. The van der Waals surface area contributed by atoms with E-state index >= 15 is 0 Å². The fourth-order valence-corrected chi connectivity index (χ4v) is 2.03. The van der Waals surface area contributed by atoms with Gasteiger partial charge in [-0.25, -0.2) is 4.68 Å². The zero-order chi connectivity index (χ0) is 11.1. The van der Waals surface area contributed by atoms with Crippen molar-refractivity contribution in [1.82, 2.24) is 15.0 Å². The van der Waals surface area contributed by atoms with E-state index in [1.54, 1.807) is 0 Å². The summed E-state index contributed by atoms with van der Waals surface area (Å²) in [6.07, 6.45) is 2.35. The number of aromatic nitrogens is 3. The predicted molar refractivity (Wildman–Crippen MR) is 65.8 cm³/mol. The number of benzene rings is 1. The second-order valence-electron chi connectivity index (χ2n) is 4.01. The molecule has 1 fully saturated rings. The highest BCUT2D eigenvalue weighted by atomic mass is 79.9. The molecule has 0 amide bonds. The minimum Gasteiger partial charge on any atom is -0.380 e. The van der Waals surface area contributed by atoms with Crippen molar-refractivity contribution in [2.24, 2.45) is 0 Å². The molecule has 82 valence electrons. The van der Waals surface area contributed by atoms with Crippen molar-refractivity contribution in [3.8, 4) is 11.3 Å². The van der Waals surface area contributed by atoms with Crippen LogP contribution in [0.1, 0.15) is 18.9 Å². The summed E-state index contributed by atoms with van der Waals surface area (Å²) in [5.74, 6) is 0.509. The molecule has 1 aromatic heterocycles. The lowest BCUT2D eigenvalue weighted by Crippen LogP contribution is -2.00. The number of hydrogen-bond acceptors (Lipinski definition) is 3. The highest BCUT2D eigenvalue weighted by Gasteiger charge is 2.28. The Morgan fingerprint density at radius 3 is 2.56 bits per heavy atom. The van der Waals surface area contributed by atoms with E-state index in [9.17, 15) is 0 Å². The first-order chi connectivity index (χ1) is 7.75. The van der Waals surface area contributed by atoms with E-state index < -0.39 is 0 Å². The number of hydrogen-bond donors (Lipinski definition) is 1. The summed E-state index contributed by atoms with van der Waals surface area (Å²) < 4.78 is 3.00. The molecule has 0 atom stereocenters. The lowest BCUT2D eigenvalue weighted by molar-refractivity contribution is 0.616. The summed E-state index contributed by atoms with van der Waals surface area (Å²) >= 11 is 3.42. The molecule has 2 aromatic rings. The van der Waals surface area contributed by atoms with Crippen molar-refractivity contribution in [1.29, 1.82) is 0 Å². The molecule has 2 N–H and O–H groups in total. The van der Waals surface area contributed by atoms with E-state index in [0.29, 0.717) is 11.9 Å². The van der Waals surface area contributed by atoms with Crippen LogP contribution in [0.5, 0.6) is 0 Å². The van der Waals surface area contributed by atoms with Crippen molar-refractivity contribution >= 4 is 21.7 Å². The van der Waals surface area contributed by atoms with Crippen molar-refractivity contribution in [3.63, 3.8) is 0 Å². The van der Waals surface area contributed by atoms with E-state index in [1.165, 1.54) is 12.8 Å². The van der Waals surface area contributed by atoms with E-state index in [-0.39, 0.29) is 0 Å². The van der Waals surface area contributed by atoms with Crippen LogP contribution in [0, 0.1) is 0 Å². The highest BCUT2D eigenvalue weighted by Crippen LogP contribution is 2.39. The van der Waals surface area contributed by atoms with E-state index in [1.807, 2.05) is 28.9 Å². The van der Waals surface area contributed by atoms with Crippen LogP contribution in [0.3, 0.4) is 0 Å². The Morgan fingerprint density at radius 1 is 1.25 bits per heavy atom. The van der Waals surface area contributed by atoms with Gasteiger partial charge in [-0.3, -0.25) is 0 Å². The minimum absolute atomic E-state index is 0.489. The van der Waals surface area contributed by atoms with Gasteiger partial charge in [0.1, 0.15) is 5.69 Å². The second kappa shape index (κ2) is 3.59. The van der Waals surface area contributed by atoms with Gasteiger partial charge in [-0.2, -0.15) is 0 Å². The molecular formula is C11H11BrN4. The molecule has 3 rings (SSSR count). The maximum atomic E-state index is 5.87. The van der Waals surface area contributed by atoms with Crippen LogP contribution in [0.15, 0.2) is 28.7 Å². The van der Waals surface area contributed by atoms with Crippen LogP contribution in [0.2, 0.25) is 0 Å². The van der Waals surface area contributed by atoms with Crippen molar-refractivity contribution in [2.45, 2.75) is 18.9 Å². The van der Waals surface area contributed by atoms with Gasteiger partial charge in [0.15, 0.2) is 5.82 Å². The van der Waals surface area contributed by atoms with Crippen molar-refractivity contribution in [2.75, 3.05) is 5.73 Å². The molecule has 5 heteroatoms. The highest BCUT2D eigenvalue weighted by molar-refractivity contribution is 9.10. The summed E-state index contributed by atoms with van der Waals surface area (Å²) in [6.45, 7) is 0. The lowest BCUT2D eigenvalue weighted by atomic mass is 10.1.